The molecule has 0 bridgehead atoms. The number of ether oxygens (including phenoxy) is 4. The highest BCUT2D eigenvalue weighted by Gasteiger charge is 2.32. The lowest BCUT2D eigenvalue weighted by Gasteiger charge is -2.35. The summed E-state index contributed by atoms with van der Waals surface area (Å²) in [5, 5.41) is 16.2. The molecule has 0 unspecified atom stereocenters. The van der Waals surface area contributed by atoms with Gasteiger partial charge in [0.1, 0.15) is 5.75 Å². The number of rotatable bonds is 8. The van der Waals surface area contributed by atoms with Crippen LogP contribution in [0.1, 0.15) is 50.4 Å². The first-order valence-electron chi connectivity index (χ1n) is 16.9. The van der Waals surface area contributed by atoms with Crippen LogP contribution in [0.5, 0.6) is 17.2 Å². The topological polar surface area (TPSA) is 156 Å². The molecule has 2 aliphatic heterocycles. The van der Waals surface area contributed by atoms with Gasteiger partial charge in [0.25, 0.3) is 5.91 Å². The van der Waals surface area contributed by atoms with E-state index < -0.39 is 34.1 Å². The van der Waals surface area contributed by atoms with E-state index in [4.69, 9.17) is 30.5 Å². The maximum absolute atomic E-state index is 14.4. The maximum atomic E-state index is 14.4. The molecule has 2 aliphatic rings. The van der Waals surface area contributed by atoms with Crippen LogP contribution in [-0.2, 0) is 14.8 Å². The van der Waals surface area contributed by atoms with Crippen LogP contribution in [0.3, 0.4) is 0 Å². The van der Waals surface area contributed by atoms with Gasteiger partial charge in [0.05, 0.1) is 35.3 Å². The zero-order chi connectivity index (χ0) is 36.7. The highest BCUT2D eigenvalue weighted by molar-refractivity contribution is 7.89. The number of benzene rings is 3. The van der Waals surface area contributed by atoms with E-state index in [1.54, 1.807) is 43.3 Å². The Kier molecular flexibility index (Phi) is 12.7. The van der Waals surface area contributed by atoms with E-state index in [1.807, 2.05) is 13.8 Å². The number of aliphatic hydroxyl groups is 1. The minimum atomic E-state index is -3.86. The van der Waals surface area contributed by atoms with Gasteiger partial charge in [-0.25, -0.2) is 13.2 Å². The Morgan fingerprint density at radius 2 is 1.67 bits per heavy atom. The van der Waals surface area contributed by atoms with E-state index in [2.05, 4.69) is 10.6 Å². The van der Waals surface area contributed by atoms with Crippen LogP contribution < -0.4 is 24.8 Å². The smallest absolute Gasteiger partial charge is 0.323 e. The lowest BCUT2D eigenvalue weighted by atomic mass is 10.0. The van der Waals surface area contributed by atoms with E-state index in [0.717, 1.165) is 6.42 Å². The molecule has 3 amide bonds. The van der Waals surface area contributed by atoms with E-state index in [1.165, 1.54) is 40.5 Å². The molecular formula is C36H45ClN4O9S. The van der Waals surface area contributed by atoms with E-state index in [0.29, 0.717) is 53.1 Å². The number of halogens is 1. The molecule has 4 atom stereocenters. The van der Waals surface area contributed by atoms with Crippen molar-refractivity contribution in [2.75, 3.05) is 50.8 Å². The number of hydrogen-bond acceptors (Lipinski definition) is 9. The highest BCUT2D eigenvalue weighted by atomic mass is 35.5. The minimum absolute atomic E-state index is 0.0321. The molecule has 0 radical (unpaired) electrons. The molecule has 0 spiro atoms. The molecule has 0 saturated heterocycles. The molecule has 0 fully saturated rings. The van der Waals surface area contributed by atoms with Gasteiger partial charge in [-0.1, -0.05) is 18.5 Å². The van der Waals surface area contributed by atoms with E-state index >= 15 is 0 Å². The van der Waals surface area contributed by atoms with E-state index in [9.17, 15) is 23.1 Å². The number of urea groups is 1. The third-order valence-electron chi connectivity index (χ3n) is 8.90. The maximum Gasteiger partial charge on any atom is 0.323 e. The van der Waals surface area contributed by atoms with Crippen molar-refractivity contribution in [1.82, 2.24) is 9.21 Å². The number of hydrogen-bond donors (Lipinski definition) is 3. The van der Waals surface area contributed by atoms with Gasteiger partial charge >= 0.3 is 6.03 Å². The molecule has 3 aromatic carbocycles. The summed E-state index contributed by atoms with van der Waals surface area (Å²) in [5.41, 5.74) is 1.04. The number of likely N-dealkylation sites (N-methyl/N-ethyl adjacent to an activating group) is 1. The third kappa shape index (κ3) is 9.63. The van der Waals surface area contributed by atoms with Crippen LogP contribution in [0.25, 0.3) is 0 Å². The van der Waals surface area contributed by atoms with Crippen LogP contribution in [0.4, 0.5) is 16.2 Å². The zero-order valence-corrected chi connectivity index (χ0v) is 30.7. The SMILES string of the molecule is C[C@@H]1CN([C@@H](C)CO)C(=O)c2cc(NC(=O)Nc3ccc4c(c3)OCO4)ccc2O[C@@H](C)CCCCO[C@@H]1CN(C)S(=O)(=O)c1ccc(Cl)cc1. The van der Waals surface area contributed by atoms with Crippen LogP contribution in [0, 0.1) is 5.92 Å². The van der Waals surface area contributed by atoms with Crippen molar-refractivity contribution >= 4 is 44.9 Å². The molecule has 13 nitrogen and oxygen atoms in total. The molecule has 0 saturated carbocycles. The predicted molar refractivity (Wildman–Crippen MR) is 193 cm³/mol. The van der Waals surface area contributed by atoms with Crippen molar-refractivity contribution in [3.8, 4) is 17.2 Å². The summed E-state index contributed by atoms with van der Waals surface area (Å²) in [6.45, 7) is 5.88. The zero-order valence-electron chi connectivity index (χ0n) is 29.1. The van der Waals surface area contributed by atoms with Crippen molar-refractivity contribution in [3.63, 3.8) is 0 Å². The fourth-order valence-electron chi connectivity index (χ4n) is 5.87. The van der Waals surface area contributed by atoms with Crippen molar-refractivity contribution in [2.45, 2.75) is 63.2 Å². The number of carbonyl (C=O) groups excluding carboxylic acids is 2. The van der Waals surface area contributed by atoms with Crippen LogP contribution in [0.15, 0.2) is 65.6 Å². The van der Waals surface area contributed by atoms with Gasteiger partial charge < -0.3 is 39.6 Å². The summed E-state index contributed by atoms with van der Waals surface area (Å²) in [5.74, 6) is 0.666. The number of aliphatic hydroxyl groups excluding tert-OH is 1. The Bertz CT molecular complexity index is 1790. The summed E-state index contributed by atoms with van der Waals surface area (Å²) in [6, 6.07) is 14.7. The summed E-state index contributed by atoms with van der Waals surface area (Å²) in [7, 11) is -2.37. The molecule has 3 N–H and O–H groups in total. The molecule has 0 aliphatic carbocycles. The molecule has 5 rings (SSSR count). The van der Waals surface area contributed by atoms with Crippen molar-refractivity contribution in [1.29, 1.82) is 0 Å². The molecule has 276 valence electrons. The molecule has 15 heteroatoms. The van der Waals surface area contributed by atoms with Crippen LogP contribution >= 0.6 is 11.6 Å². The number of fused-ring (bicyclic) bond motifs is 2. The standard InChI is InChI=1S/C36H45ClN4O9S/c1-23-19-41(24(2)21-42)35(43)30-17-27(38-36(44)39-28-11-15-32-33(18-28)49-22-48-32)10-14-31(30)50-25(3)7-5-6-16-47-34(23)20-40(4)51(45,46)29-12-8-26(37)9-13-29/h8-15,17-18,23-25,34,42H,5-7,16,19-22H2,1-4H3,(H2,38,39,44)/t23-,24+,25+,34-/m1/s1. The predicted octanol–water partition coefficient (Wildman–Crippen LogP) is 5.83. The summed E-state index contributed by atoms with van der Waals surface area (Å²) in [4.78, 5) is 29.1. The molecule has 0 aromatic heterocycles. The average Bonchev–Trinajstić information content (AvgIpc) is 3.57. The van der Waals surface area contributed by atoms with Crippen LogP contribution in [-0.4, -0.2) is 93.1 Å². The Labute approximate surface area is 303 Å². The number of nitrogens with one attached hydrogen (secondary N) is 2. The van der Waals surface area contributed by atoms with Gasteiger partial charge in [0.2, 0.25) is 16.8 Å². The molecule has 3 aromatic rings. The Morgan fingerprint density at radius 1 is 1.00 bits per heavy atom. The molecular weight excluding hydrogens is 700 g/mol. The molecule has 2 heterocycles. The summed E-state index contributed by atoms with van der Waals surface area (Å²) in [6.07, 6.45) is 1.34. The second-order valence-corrected chi connectivity index (χ2v) is 15.4. The number of amides is 3. The monoisotopic (exact) mass is 744 g/mol. The first-order chi connectivity index (χ1) is 24.3. The lowest BCUT2D eigenvalue weighted by Crippen LogP contribution is -2.48. The van der Waals surface area contributed by atoms with E-state index in [-0.39, 0.29) is 49.0 Å². The third-order valence-corrected chi connectivity index (χ3v) is 11.0. The van der Waals surface area contributed by atoms with Gasteiger partial charge in [-0.15, -0.1) is 0 Å². The van der Waals surface area contributed by atoms with Gasteiger partial charge in [-0.05, 0) is 87.7 Å². The Hall–Kier alpha value is -4.08. The second-order valence-electron chi connectivity index (χ2n) is 12.9. The normalized spacial score (nSPS) is 20.6. The number of carbonyl (C=O) groups is 2. The van der Waals surface area contributed by atoms with Crippen molar-refractivity contribution in [3.05, 3.63) is 71.2 Å². The summed E-state index contributed by atoms with van der Waals surface area (Å²) < 4.78 is 51.5. The van der Waals surface area contributed by atoms with Gasteiger partial charge in [0, 0.05) is 55.1 Å². The Morgan fingerprint density at radius 3 is 2.37 bits per heavy atom. The fraction of sp³-hybridized carbons (Fsp3) is 0.444. The summed E-state index contributed by atoms with van der Waals surface area (Å²) >= 11 is 5.99. The van der Waals surface area contributed by atoms with Gasteiger partial charge in [-0.2, -0.15) is 4.31 Å². The largest absolute Gasteiger partial charge is 0.490 e. The average molecular weight is 745 g/mol. The van der Waals surface area contributed by atoms with Crippen LogP contribution in [0.2, 0.25) is 5.02 Å². The number of anilines is 2. The number of nitrogens with zero attached hydrogens (tertiary/aromatic N) is 2. The Balaban J connectivity index is 1.39. The lowest BCUT2D eigenvalue weighted by molar-refractivity contribution is -0.00833. The highest BCUT2D eigenvalue weighted by Crippen LogP contribution is 2.34. The van der Waals surface area contributed by atoms with Gasteiger partial charge in [0.15, 0.2) is 11.5 Å². The number of sulfonamides is 1. The van der Waals surface area contributed by atoms with Crippen molar-refractivity contribution in [2.24, 2.45) is 5.92 Å². The van der Waals surface area contributed by atoms with Gasteiger partial charge in [-0.3, -0.25) is 4.79 Å². The minimum Gasteiger partial charge on any atom is -0.490 e. The fourth-order valence-corrected chi connectivity index (χ4v) is 7.18. The quantitative estimate of drug-likeness (QED) is 0.258. The first kappa shape index (κ1) is 38.2. The molecule has 51 heavy (non-hydrogen) atoms. The second kappa shape index (κ2) is 17.0. The first-order valence-corrected chi connectivity index (χ1v) is 18.7. The van der Waals surface area contributed by atoms with Crippen molar-refractivity contribution < 1.29 is 42.1 Å².